The van der Waals surface area contributed by atoms with Gasteiger partial charge in [0.25, 0.3) is 0 Å². The molecule has 2 amide bonds. The molecule has 0 N–H and O–H groups in total. The molecule has 0 saturated carbocycles. The molecule has 1 saturated heterocycles. The largest absolute Gasteiger partial charge is 0.495 e. The SMILES string of the molecule is CCCC(=O)N1CCN(C(=O)Cc2cc(Cl)cc(Cl)c2OC)CC1. The molecule has 2 rings (SSSR count). The van der Waals surface area contributed by atoms with Crippen molar-refractivity contribution in [2.24, 2.45) is 0 Å². The molecule has 0 atom stereocenters. The van der Waals surface area contributed by atoms with E-state index in [2.05, 4.69) is 0 Å². The molecule has 0 aromatic heterocycles. The number of piperazine rings is 1. The van der Waals surface area contributed by atoms with E-state index in [0.29, 0.717) is 54.0 Å². The second kappa shape index (κ2) is 8.58. The Morgan fingerprint density at radius 3 is 2.21 bits per heavy atom. The van der Waals surface area contributed by atoms with E-state index in [1.807, 2.05) is 11.8 Å². The summed E-state index contributed by atoms with van der Waals surface area (Å²) in [5.41, 5.74) is 0.671. The molecule has 1 aromatic carbocycles. The van der Waals surface area contributed by atoms with Crippen LogP contribution in [0.3, 0.4) is 0 Å². The fourth-order valence-electron chi connectivity index (χ4n) is 2.83. The van der Waals surface area contributed by atoms with Gasteiger partial charge < -0.3 is 14.5 Å². The number of hydrogen-bond acceptors (Lipinski definition) is 3. The van der Waals surface area contributed by atoms with Crippen LogP contribution in [0.2, 0.25) is 10.0 Å². The van der Waals surface area contributed by atoms with Crippen molar-refractivity contribution in [2.45, 2.75) is 26.2 Å². The molecular formula is C17H22Cl2N2O3. The van der Waals surface area contributed by atoms with Crippen LogP contribution in [-0.2, 0) is 16.0 Å². The maximum Gasteiger partial charge on any atom is 0.227 e. The van der Waals surface area contributed by atoms with Gasteiger partial charge in [0.15, 0.2) is 0 Å². The normalized spacial score (nSPS) is 14.7. The van der Waals surface area contributed by atoms with Gasteiger partial charge in [-0.15, -0.1) is 0 Å². The molecule has 1 aliphatic heterocycles. The summed E-state index contributed by atoms with van der Waals surface area (Å²) in [6.07, 6.45) is 1.58. The zero-order valence-corrected chi connectivity index (χ0v) is 15.5. The summed E-state index contributed by atoms with van der Waals surface area (Å²) in [5, 5.41) is 0.862. The maximum atomic E-state index is 12.5. The number of halogens is 2. The molecule has 24 heavy (non-hydrogen) atoms. The minimum atomic E-state index is -0.0192. The van der Waals surface area contributed by atoms with Crippen molar-refractivity contribution in [1.82, 2.24) is 9.80 Å². The summed E-state index contributed by atoms with van der Waals surface area (Å²) in [6, 6.07) is 3.29. The van der Waals surface area contributed by atoms with Crippen molar-refractivity contribution in [3.63, 3.8) is 0 Å². The number of rotatable bonds is 5. The number of ether oxygens (including phenoxy) is 1. The summed E-state index contributed by atoms with van der Waals surface area (Å²) < 4.78 is 5.28. The van der Waals surface area contributed by atoms with E-state index < -0.39 is 0 Å². The second-order valence-corrected chi connectivity index (χ2v) is 6.61. The summed E-state index contributed by atoms with van der Waals surface area (Å²) in [5.74, 6) is 0.619. The molecular weight excluding hydrogens is 351 g/mol. The van der Waals surface area contributed by atoms with Gasteiger partial charge in [0, 0.05) is 43.2 Å². The first-order valence-electron chi connectivity index (χ1n) is 8.03. The van der Waals surface area contributed by atoms with E-state index >= 15 is 0 Å². The lowest BCUT2D eigenvalue weighted by Gasteiger charge is -2.35. The van der Waals surface area contributed by atoms with E-state index in [4.69, 9.17) is 27.9 Å². The number of carbonyl (C=O) groups is 2. The average Bonchev–Trinajstić information content (AvgIpc) is 2.55. The Balaban J connectivity index is 1.98. The number of nitrogens with zero attached hydrogens (tertiary/aromatic N) is 2. The molecule has 0 unspecified atom stereocenters. The monoisotopic (exact) mass is 372 g/mol. The Morgan fingerprint density at radius 2 is 1.67 bits per heavy atom. The van der Waals surface area contributed by atoms with Crippen LogP contribution in [0.15, 0.2) is 12.1 Å². The van der Waals surface area contributed by atoms with Crippen molar-refractivity contribution < 1.29 is 14.3 Å². The minimum absolute atomic E-state index is 0.0192. The third-order valence-electron chi connectivity index (χ3n) is 4.08. The zero-order valence-electron chi connectivity index (χ0n) is 14.0. The highest BCUT2D eigenvalue weighted by atomic mass is 35.5. The van der Waals surface area contributed by atoms with Gasteiger partial charge in [-0.05, 0) is 18.6 Å². The van der Waals surface area contributed by atoms with Crippen LogP contribution in [0, 0.1) is 0 Å². The summed E-state index contributed by atoms with van der Waals surface area (Å²) in [7, 11) is 1.52. The molecule has 1 aliphatic rings. The van der Waals surface area contributed by atoms with E-state index in [9.17, 15) is 9.59 Å². The highest BCUT2D eigenvalue weighted by Crippen LogP contribution is 2.32. The van der Waals surface area contributed by atoms with Crippen molar-refractivity contribution in [3.8, 4) is 5.75 Å². The van der Waals surface area contributed by atoms with Gasteiger partial charge >= 0.3 is 0 Å². The second-order valence-electron chi connectivity index (χ2n) is 5.77. The molecule has 0 aliphatic carbocycles. The van der Waals surface area contributed by atoms with Crippen LogP contribution in [0.5, 0.6) is 5.75 Å². The lowest BCUT2D eigenvalue weighted by molar-refractivity contribution is -0.139. The smallest absolute Gasteiger partial charge is 0.227 e. The van der Waals surface area contributed by atoms with Gasteiger partial charge in [0.1, 0.15) is 5.75 Å². The van der Waals surface area contributed by atoms with Crippen molar-refractivity contribution in [3.05, 3.63) is 27.7 Å². The molecule has 0 radical (unpaired) electrons. The van der Waals surface area contributed by atoms with Gasteiger partial charge in [0.05, 0.1) is 18.6 Å². The average molecular weight is 373 g/mol. The Bertz CT molecular complexity index is 614. The van der Waals surface area contributed by atoms with Gasteiger partial charge in [-0.3, -0.25) is 9.59 Å². The van der Waals surface area contributed by atoms with Crippen LogP contribution < -0.4 is 4.74 Å². The first-order valence-corrected chi connectivity index (χ1v) is 8.79. The van der Waals surface area contributed by atoms with Gasteiger partial charge in [-0.25, -0.2) is 0 Å². The molecule has 0 spiro atoms. The lowest BCUT2D eigenvalue weighted by atomic mass is 10.1. The van der Waals surface area contributed by atoms with E-state index in [1.165, 1.54) is 7.11 Å². The van der Waals surface area contributed by atoms with Gasteiger partial charge in [-0.2, -0.15) is 0 Å². The Hall–Kier alpha value is -1.46. The molecule has 7 heteroatoms. The zero-order chi connectivity index (χ0) is 17.7. The van der Waals surface area contributed by atoms with Crippen LogP contribution in [0.25, 0.3) is 0 Å². The first-order chi connectivity index (χ1) is 11.5. The van der Waals surface area contributed by atoms with Crippen LogP contribution in [0.4, 0.5) is 0 Å². The molecule has 1 fully saturated rings. The van der Waals surface area contributed by atoms with Crippen molar-refractivity contribution >= 4 is 35.0 Å². The predicted molar refractivity (Wildman–Crippen MR) is 94.8 cm³/mol. The molecule has 5 nitrogen and oxygen atoms in total. The number of methoxy groups -OCH3 is 1. The quantitative estimate of drug-likeness (QED) is 0.797. The summed E-state index contributed by atoms with van der Waals surface area (Å²) >= 11 is 12.1. The summed E-state index contributed by atoms with van der Waals surface area (Å²) in [4.78, 5) is 28.0. The number of carbonyl (C=O) groups excluding carboxylic acids is 2. The van der Waals surface area contributed by atoms with Crippen LogP contribution >= 0.6 is 23.2 Å². The summed E-state index contributed by atoms with van der Waals surface area (Å²) in [6.45, 7) is 4.24. The fourth-order valence-corrected chi connectivity index (χ4v) is 3.44. The van der Waals surface area contributed by atoms with Crippen molar-refractivity contribution in [1.29, 1.82) is 0 Å². The Labute approximate surface area is 152 Å². The highest BCUT2D eigenvalue weighted by Gasteiger charge is 2.24. The molecule has 1 heterocycles. The third-order valence-corrected chi connectivity index (χ3v) is 4.58. The standard InChI is InChI=1S/C17H22Cl2N2O3/c1-3-4-15(22)20-5-7-21(8-6-20)16(23)10-12-9-13(18)11-14(19)17(12)24-2/h9,11H,3-8,10H2,1-2H3. The predicted octanol–water partition coefficient (Wildman–Crippen LogP) is 3.02. The Morgan fingerprint density at radius 1 is 1.08 bits per heavy atom. The van der Waals surface area contributed by atoms with E-state index in [0.717, 1.165) is 6.42 Å². The molecule has 0 bridgehead atoms. The van der Waals surface area contributed by atoms with Gasteiger partial charge in [-0.1, -0.05) is 30.1 Å². The highest BCUT2D eigenvalue weighted by molar-refractivity contribution is 6.35. The van der Waals surface area contributed by atoms with Crippen LogP contribution in [0.1, 0.15) is 25.3 Å². The van der Waals surface area contributed by atoms with Gasteiger partial charge in [0.2, 0.25) is 11.8 Å². The van der Waals surface area contributed by atoms with E-state index in [-0.39, 0.29) is 18.2 Å². The maximum absolute atomic E-state index is 12.5. The van der Waals surface area contributed by atoms with Crippen LogP contribution in [-0.4, -0.2) is 54.9 Å². The molecule has 132 valence electrons. The lowest BCUT2D eigenvalue weighted by Crippen LogP contribution is -2.50. The number of benzene rings is 1. The third kappa shape index (κ3) is 4.54. The minimum Gasteiger partial charge on any atom is -0.495 e. The first kappa shape index (κ1) is 18.9. The Kier molecular flexibility index (Phi) is 6.75. The van der Waals surface area contributed by atoms with E-state index in [1.54, 1.807) is 17.0 Å². The number of hydrogen-bond donors (Lipinski definition) is 0. The number of amides is 2. The fraction of sp³-hybridized carbons (Fsp3) is 0.529. The van der Waals surface area contributed by atoms with Crippen molar-refractivity contribution in [2.75, 3.05) is 33.3 Å². The topological polar surface area (TPSA) is 49.9 Å². The molecule has 1 aromatic rings.